The molecule has 2 heterocycles. The summed E-state index contributed by atoms with van der Waals surface area (Å²) < 4.78 is 5.59. The molecule has 1 aliphatic rings. The van der Waals surface area contributed by atoms with E-state index in [9.17, 15) is 0 Å². The maximum atomic E-state index is 3.17. The number of rotatable bonds is 7. The summed E-state index contributed by atoms with van der Waals surface area (Å²) in [5, 5.41) is 1.40. The molecule has 0 saturated heterocycles. The highest BCUT2D eigenvalue weighted by Gasteiger charge is 2.16. The summed E-state index contributed by atoms with van der Waals surface area (Å²) in [4.78, 5) is 2.38. The molecule has 3 nitrogen and oxygen atoms in total. The molecular formula is C26H35N3S. The van der Waals surface area contributed by atoms with Crippen LogP contribution in [0.1, 0.15) is 37.0 Å². The molecule has 160 valence electrons. The number of aromatic nitrogens is 1. The first kappa shape index (κ1) is 22.7. The van der Waals surface area contributed by atoms with E-state index in [-0.39, 0.29) is 0 Å². The van der Waals surface area contributed by atoms with Gasteiger partial charge in [0.15, 0.2) is 0 Å². The molecule has 0 radical (unpaired) electrons. The number of hydrogen-bond acceptors (Lipinski definition) is 3. The quantitative estimate of drug-likeness (QED) is 0.382. The molecule has 1 aliphatic heterocycles. The van der Waals surface area contributed by atoms with Crippen LogP contribution < -0.4 is 4.72 Å². The van der Waals surface area contributed by atoms with Gasteiger partial charge >= 0.3 is 0 Å². The molecule has 1 aromatic heterocycles. The monoisotopic (exact) mass is 421 g/mol. The predicted octanol–water partition coefficient (Wildman–Crippen LogP) is 5.84. The molecular weight excluding hydrogens is 386 g/mol. The van der Waals surface area contributed by atoms with Crippen molar-refractivity contribution in [1.82, 2.24) is 14.2 Å². The van der Waals surface area contributed by atoms with Gasteiger partial charge in [0, 0.05) is 48.1 Å². The molecule has 4 heteroatoms. The van der Waals surface area contributed by atoms with Crippen molar-refractivity contribution in [3.8, 4) is 0 Å². The van der Waals surface area contributed by atoms with E-state index in [1.807, 2.05) is 20.9 Å². The first-order valence-corrected chi connectivity index (χ1v) is 12.1. The van der Waals surface area contributed by atoms with Crippen LogP contribution in [0.2, 0.25) is 0 Å². The van der Waals surface area contributed by atoms with Crippen LogP contribution >= 0.6 is 11.9 Å². The summed E-state index contributed by atoms with van der Waals surface area (Å²) in [6, 6.07) is 17.8. The van der Waals surface area contributed by atoms with Gasteiger partial charge in [0.05, 0.1) is 0 Å². The lowest BCUT2D eigenvalue weighted by Gasteiger charge is -2.21. The molecule has 1 N–H and O–H groups in total. The Labute approximate surface area is 186 Å². The second-order valence-corrected chi connectivity index (χ2v) is 8.66. The molecule has 0 spiro atoms. The largest absolute Gasteiger partial charge is 0.342 e. The van der Waals surface area contributed by atoms with Gasteiger partial charge in [0.2, 0.25) is 0 Å². The Balaban J connectivity index is 0.00000124. The van der Waals surface area contributed by atoms with Crippen LogP contribution in [0.3, 0.4) is 0 Å². The van der Waals surface area contributed by atoms with E-state index in [2.05, 4.69) is 82.0 Å². The summed E-state index contributed by atoms with van der Waals surface area (Å²) >= 11 is 1.78. The minimum Gasteiger partial charge on any atom is -0.342 e. The zero-order valence-electron chi connectivity index (χ0n) is 18.8. The Kier molecular flexibility index (Phi) is 8.61. The van der Waals surface area contributed by atoms with E-state index in [0.29, 0.717) is 0 Å². The predicted molar refractivity (Wildman–Crippen MR) is 134 cm³/mol. The Hall–Kier alpha value is -2.01. The summed E-state index contributed by atoms with van der Waals surface area (Å²) in [6.07, 6.45) is 7.00. The number of benzene rings is 2. The van der Waals surface area contributed by atoms with Crippen molar-refractivity contribution < 1.29 is 0 Å². The zero-order valence-corrected chi connectivity index (χ0v) is 19.6. The summed E-state index contributed by atoms with van der Waals surface area (Å²) in [7, 11) is 4.19. The van der Waals surface area contributed by atoms with Crippen LogP contribution in [-0.2, 0) is 13.0 Å². The fourth-order valence-electron chi connectivity index (χ4n) is 3.95. The first-order chi connectivity index (χ1) is 14.7. The maximum absolute atomic E-state index is 3.17. The Bertz CT molecular complexity index is 959. The zero-order chi connectivity index (χ0) is 21.3. The Morgan fingerprint density at radius 1 is 1.03 bits per heavy atom. The smallest absolute Gasteiger partial charge is 0.0489 e. The minimum absolute atomic E-state index is 0.916. The lowest BCUT2D eigenvalue weighted by atomic mass is 9.98. The molecule has 2 aromatic carbocycles. The highest BCUT2D eigenvalue weighted by molar-refractivity contribution is 7.97. The van der Waals surface area contributed by atoms with Crippen LogP contribution in [0.4, 0.5) is 0 Å². The average molecular weight is 422 g/mol. The molecule has 0 fully saturated rings. The highest BCUT2D eigenvalue weighted by atomic mass is 32.2. The lowest BCUT2D eigenvalue weighted by molar-refractivity contribution is 0.370. The number of nitrogens with zero attached hydrogens (tertiary/aromatic N) is 2. The van der Waals surface area contributed by atoms with Gasteiger partial charge in [-0.3, -0.25) is 4.72 Å². The van der Waals surface area contributed by atoms with Crippen molar-refractivity contribution >= 4 is 28.4 Å². The normalized spacial score (nSPS) is 14.3. The van der Waals surface area contributed by atoms with Gasteiger partial charge in [-0.1, -0.05) is 68.3 Å². The molecule has 3 aromatic rings. The summed E-state index contributed by atoms with van der Waals surface area (Å²) in [5.41, 5.74) is 7.02. The van der Waals surface area contributed by atoms with Crippen molar-refractivity contribution in [2.75, 3.05) is 32.9 Å². The van der Waals surface area contributed by atoms with Crippen LogP contribution in [0, 0.1) is 0 Å². The third-order valence-electron chi connectivity index (χ3n) is 5.54. The Morgan fingerprint density at radius 3 is 2.53 bits per heavy atom. The number of nitrogens with one attached hydrogen (secondary N) is 1. The standard InChI is InChI=1S/C24H29N3S.C2H6/c1-25-28-15-12-19-8-9-24-22(16-19)23(21-10-13-26(2)14-11-21)18-27(24)17-20-6-4-3-5-7-20;1-2/h3-10,16,18,25H,11-15,17H2,1-2H3;1-2H3. The first-order valence-electron chi connectivity index (χ1n) is 11.1. The van der Waals surface area contributed by atoms with Crippen LogP contribution in [-0.4, -0.2) is 42.4 Å². The summed E-state index contributed by atoms with van der Waals surface area (Å²) in [6.45, 7) is 7.09. The summed E-state index contributed by atoms with van der Waals surface area (Å²) in [5.74, 6) is 1.09. The molecule has 4 rings (SSSR count). The van der Waals surface area contributed by atoms with E-state index >= 15 is 0 Å². The van der Waals surface area contributed by atoms with Gasteiger partial charge in [-0.2, -0.15) is 0 Å². The average Bonchev–Trinajstić information content (AvgIpc) is 3.14. The maximum Gasteiger partial charge on any atom is 0.0489 e. The fraction of sp³-hybridized carbons (Fsp3) is 0.385. The lowest BCUT2D eigenvalue weighted by Crippen LogP contribution is -2.23. The molecule has 30 heavy (non-hydrogen) atoms. The van der Waals surface area contributed by atoms with Gasteiger partial charge in [-0.05, 0) is 55.8 Å². The van der Waals surface area contributed by atoms with Gasteiger partial charge in [0.1, 0.15) is 0 Å². The molecule has 0 aliphatic carbocycles. The molecule has 0 amide bonds. The van der Waals surface area contributed by atoms with Crippen molar-refractivity contribution in [2.45, 2.75) is 33.2 Å². The van der Waals surface area contributed by atoms with Gasteiger partial charge in [0.25, 0.3) is 0 Å². The Morgan fingerprint density at radius 2 is 1.83 bits per heavy atom. The number of aryl methyl sites for hydroxylation is 1. The van der Waals surface area contributed by atoms with Gasteiger partial charge in [-0.25, -0.2) is 0 Å². The molecule has 0 unspecified atom stereocenters. The van der Waals surface area contributed by atoms with Crippen molar-refractivity contribution in [2.24, 2.45) is 0 Å². The second kappa shape index (κ2) is 11.4. The van der Waals surface area contributed by atoms with Crippen molar-refractivity contribution in [3.05, 3.63) is 77.5 Å². The molecule has 0 saturated carbocycles. The van der Waals surface area contributed by atoms with E-state index < -0.39 is 0 Å². The SMILES string of the molecule is CC.CNSCCc1ccc2c(c1)c(C1=CCN(C)CC1)cn2Cc1ccccc1. The van der Waals surface area contributed by atoms with Crippen LogP contribution in [0.5, 0.6) is 0 Å². The topological polar surface area (TPSA) is 20.2 Å². The van der Waals surface area contributed by atoms with Crippen molar-refractivity contribution in [1.29, 1.82) is 0 Å². The van der Waals surface area contributed by atoms with Gasteiger partial charge in [-0.15, -0.1) is 0 Å². The molecule has 0 bridgehead atoms. The van der Waals surface area contributed by atoms with E-state index in [1.54, 1.807) is 11.9 Å². The van der Waals surface area contributed by atoms with E-state index in [4.69, 9.17) is 0 Å². The van der Waals surface area contributed by atoms with Crippen LogP contribution in [0.25, 0.3) is 16.5 Å². The van der Waals surface area contributed by atoms with Crippen molar-refractivity contribution in [3.63, 3.8) is 0 Å². The third kappa shape index (κ3) is 5.57. The second-order valence-electron chi connectivity index (χ2n) is 7.55. The van der Waals surface area contributed by atoms with Crippen LogP contribution in [0.15, 0.2) is 60.8 Å². The highest BCUT2D eigenvalue weighted by Crippen LogP contribution is 2.32. The molecule has 0 atom stereocenters. The van der Waals surface area contributed by atoms with E-state index in [0.717, 1.165) is 38.2 Å². The minimum atomic E-state index is 0.916. The third-order valence-corrected chi connectivity index (χ3v) is 6.23. The van der Waals surface area contributed by atoms with E-state index in [1.165, 1.54) is 33.2 Å². The van der Waals surface area contributed by atoms with Gasteiger partial charge < -0.3 is 9.47 Å². The number of fused-ring (bicyclic) bond motifs is 1. The number of likely N-dealkylation sites (N-methyl/N-ethyl adjacent to an activating group) is 1. The fourth-order valence-corrected chi connectivity index (χ4v) is 4.49. The number of hydrogen-bond donors (Lipinski definition) is 1.